The highest BCUT2D eigenvalue weighted by Gasteiger charge is 2.45. The van der Waals surface area contributed by atoms with Crippen LogP contribution in [0.1, 0.15) is 69.5 Å². The van der Waals surface area contributed by atoms with Crippen molar-refractivity contribution in [1.82, 2.24) is 15.1 Å². The number of rotatable bonds is 4. The molecule has 4 rings (SSSR count). The van der Waals surface area contributed by atoms with E-state index in [1.165, 1.54) is 83.0 Å². The molecule has 2 saturated carbocycles. The Morgan fingerprint density at radius 1 is 1.05 bits per heavy atom. The fourth-order valence-corrected chi connectivity index (χ4v) is 4.92. The number of nitrogens with zero attached hydrogens (tertiary/aromatic N) is 2. The highest BCUT2D eigenvalue weighted by Crippen LogP contribution is 2.44. The lowest BCUT2D eigenvalue weighted by atomic mass is 9.67. The van der Waals surface area contributed by atoms with Gasteiger partial charge in [-0.3, -0.25) is 4.68 Å². The van der Waals surface area contributed by atoms with Crippen molar-refractivity contribution in [2.75, 3.05) is 13.1 Å². The summed E-state index contributed by atoms with van der Waals surface area (Å²) in [6.45, 7) is 2.43. The maximum absolute atomic E-state index is 4.96. The molecule has 2 heterocycles. The summed E-state index contributed by atoms with van der Waals surface area (Å²) >= 11 is 0. The van der Waals surface area contributed by atoms with Gasteiger partial charge in [0.05, 0.1) is 11.7 Å². The Hall–Kier alpha value is -0.830. The molecule has 0 amide bonds. The molecule has 3 heteroatoms. The van der Waals surface area contributed by atoms with Crippen molar-refractivity contribution >= 4 is 0 Å². The minimum atomic E-state index is 0.530. The van der Waals surface area contributed by atoms with Gasteiger partial charge in [-0.1, -0.05) is 32.1 Å². The van der Waals surface area contributed by atoms with Gasteiger partial charge in [-0.2, -0.15) is 5.10 Å². The fourth-order valence-electron chi connectivity index (χ4n) is 4.92. The van der Waals surface area contributed by atoms with Gasteiger partial charge in [-0.15, -0.1) is 0 Å². The zero-order valence-electron chi connectivity index (χ0n) is 13.2. The normalized spacial score (nSPS) is 26.9. The Labute approximate surface area is 128 Å². The largest absolute Gasteiger partial charge is 0.315 e. The average molecular weight is 287 g/mol. The lowest BCUT2D eigenvalue weighted by molar-refractivity contribution is 0.0796. The second-order valence-corrected chi connectivity index (χ2v) is 7.70. The Kier molecular flexibility index (Phi) is 3.78. The van der Waals surface area contributed by atoms with Crippen LogP contribution >= 0.6 is 0 Å². The maximum Gasteiger partial charge on any atom is 0.0631 e. The molecule has 3 fully saturated rings. The Bertz CT molecular complexity index is 463. The van der Waals surface area contributed by atoms with E-state index in [9.17, 15) is 0 Å². The van der Waals surface area contributed by atoms with Gasteiger partial charge in [-0.05, 0) is 44.1 Å². The monoisotopic (exact) mass is 287 g/mol. The Morgan fingerprint density at radius 3 is 2.43 bits per heavy atom. The SMILES string of the molecule is c1cn(C2CCCCC2)nc1CC1(C2CCCC2)CNC1. The quantitative estimate of drug-likeness (QED) is 0.915. The zero-order chi connectivity index (χ0) is 14.1. The molecule has 0 bridgehead atoms. The van der Waals surface area contributed by atoms with Crippen molar-refractivity contribution < 1.29 is 0 Å². The third-order valence-electron chi connectivity index (χ3n) is 6.32. The van der Waals surface area contributed by atoms with E-state index < -0.39 is 0 Å². The summed E-state index contributed by atoms with van der Waals surface area (Å²) in [6.07, 6.45) is 16.1. The van der Waals surface area contributed by atoms with Gasteiger partial charge in [0.1, 0.15) is 0 Å². The highest BCUT2D eigenvalue weighted by molar-refractivity contribution is 5.10. The van der Waals surface area contributed by atoms with Crippen LogP contribution in [0.2, 0.25) is 0 Å². The molecule has 2 aliphatic carbocycles. The number of nitrogens with one attached hydrogen (secondary N) is 1. The lowest BCUT2D eigenvalue weighted by Gasteiger charge is -2.47. The summed E-state index contributed by atoms with van der Waals surface area (Å²) in [7, 11) is 0. The molecule has 1 aromatic rings. The minimum Gasteiger partial charge on any atom is -0.315 e. The summed E-state index contributed by atoms with van der Waals surface area (Å²) in [6, 6.07) is 2.97. The maximum atomic E-state index is 4.96. The lowest BCUT2D eigenvalue weighted by Crippen LogP contribution is -2.58. The van der Waals surface area contributed by atoms with Gasteiger partial charge in [-0.25, -0.2) is 0 Å². The van der Waals surface area contributed by atoms with Crippen molar-refractivity contribution in [2.45, 2.75) is 70.3 Å². The van der Waals surface area contributed by atoms with E-state index in [4.69, 9.17) is 5.10 Å². The molecule has 21 heavy (non-hydrogen) atoms. The van der Waals surface area contributed by atoms with Gasteiger partial charge < -0.3 is 5.32 Å². The average Bonchev–Trinajstić information content (AvgIpc) is 3.16. The van der Waals surface area contributed by atoms with Crippen molar-refractivity contribution in [1.29, 1.82) is 0 Å². The molecule has 0 unspecified atom stereocenters. The third-order valence-corrected chi connectivity index (χ3v) is 6.32. The molecule has 3 aliphatic rings. The summed E-state index contributed by atoms with van der Waals surface area (Å²) in [4.78, 5) is 0. The molecular formula is C18H29N3. The van der Waals surface area contributed by atoms with E-state index in [-0.39, 0.29) is 0 Å². The van der Waals surface area contributed by atoms with E-state index in [1.807, 2.05) is 0 Å². The second kappa shape index (κ2) is 5.75. The number of aromatic nitrogens is 2. The van der Waals surface area contributed by atoms with Crippen molar-refractivity contribution in [3.05, 3.63) is 18.0 Å². The Morgan fingerprint density at radius 2 is 1.76 bits per heavy atom. The number of hydrogen-bond acceptors (Lipinski definition) is 2. The van der Waals surface area contributed by atoms with Gasteiger partial charge in [0.2, 0.25) is 0 Å². The second-order valence-electron chi connectivity index (χ2n) is 7.70. The predicted octanol–water partition coefficient (Wildman–Crippen LogP) is 3.71. The van der Waals surface area contributed by atoms with Crippen LogP contribution < -0.4 is 5.32 Å². The van der Waals surface area contributed by atoms with E-state index in [1.54, 1.807) is 0 Å². The predicted molar refractivity (Wildman–Crippen MR) is 85.3 cm³/mol. The third kappa shape index (κ3) is 2.65. The first-order valence-electron chi connectivity index (χ1n) is 9.11. The van der Waals surface area contributed by atoms with Gasteiger partial charge in [0.25, 0.3) is 0 Å². The smallest absolute Gasteiger partial charge is 0.0631 e. The first kappa shape index (κ1) is 13.8. The molecule has 1 aromatic heterocycles. The van der Waals surface area contributed by atoms with Crippen LogP contribution in [0.3, 0.4) is 0 Å². The van der Waals surface area contributed by atoms with Crippen LogP contribution in [-0.4, -0.2) is 22.9 Å². The Balaban J connectivity index is 1.45. The summed E-state index contributed by atoms with van der Waals surface area (Å²) < 4.78 is 2.28. The minimum absolute atomic E-state index is 0.530. The molecule has 0 spiro atoms. The molecule has 0 radical (unpaired) electrons. The highest BCUT2D eigenvalue weighted by atomic mass is 15.3. The molecule has 0 atom stereocenters. The molecule has 0 aromatic carbocycles. The molecule has 1 saturated heterocycles. The van der Waals surface area contributed by atoms with Gasteiger partial charge in [0.15, 0.2) is 0 Å². The fraction of sp³-hybridized carbons (Fsp3) is 0.833. The van der Waals surface area contributed by atoms with Crippen molar-refractivity contribution in [3.8, 4) is 0 Å². The molecule has 1 N–H and O–H groups in total. The van der Waals surface area contributed by atoms with Gasteiger partial charge in [0, 0.05) is 24.7 Å². The van der Waals surface area contributed by atoms with Crippen LogP contribution in [0.5, 0.6) is 0 Å². The summed E-state index contributed by atoms with van der Waals surface area (Å²) in [5, 5.41) is 8.50. The van der Waals surface area contributed by atoms with E-state index >= 15 is 0 Å². The number of hydrogen-bond donors (Lipinski definition) is 1. The van der Waals surface area contributed by atoms with E-state index in [0.29, 0.717) is 11.5 Å². The molecule has 1 aliphatic heterocycles. The van der Waals surface area contributed by atoms with E-state index in [2.05, 4.69) is 22.3 Å². The van der Waals surface area contributed by atoms with Crippen LogP contribution in [0.4, 0.5) is 0 Å². The first-order chi connectivity index (χ1) is 10.4. The first-order valence-corrected chi connectivity index (χ1v) is 9.11. The molecular weight excluding hydrogens is 258 g/mol. The van der Waals surface area contributed by atoms with Crippen molar-refractivity contribution in [2.24, 2.45) is 11.3 Å². The van der Waals surface area contributed by atoms with Crippen LogP contribution in [-0.2, 0) is 6.42 Å². The standard InChI is InChI=1S/C18H29N3/c1-2-8-17(9-3-1)21-11-10-16(20-21)12-18(13-19-14-18)15-6-4-5-7-15/h10-11,15,17,19H,1-9,12-14H2. The van der Waals surface area contributed by atoms with E-state index in [0.717, 1.165) is 5.92 Å². The van der Waals surface area contributed by atoms with Crippen LogP contribution in [0.25, 0.3) is 0 Å². The van der Waals surface area contributed by atoms with Crippen molar-refractivity contribution in [3.63, 3.8) is 0 Å². The van der Waals surface area contributed by atoms with Crippen LogP contribution in [0.15, 0.2) is 12.3 Å². The zero-order valence-corrected chi connectivity index (χ0v) is 13.2. The summed E-state index contributed by atoms with van der Waals surface area (Å²) in [5.74, 6) is 0.943. The summed E-state index contributed by atoms with van der Waals surface area (Å²) in [5.41, 5.74) is 1.87. The topological polar surface area (TPSA) is 29.9 Å². The van der Waals surface area contributed by atoms with Crippen LogP contribution in [0, 0.1) is 11.3 Å². The van der Waals surface area contributed by atoms with Gasteiger partial charge >= 0.3 is 0 Å². The molecule has 116 valence electrons. The molecule has 3 nitrogen and oxygen atoms in total.